The molecule has 0 fully saturated rings. The maximum atomic E-state index is 11.9. The van der Waals surface area contributed by atoms with Crippen LogP contribution in [0.15, 0.2) is 48.7 Å². The fourth-order valence-electron chi connectivity index (χ4n) is 1.96. The van der Waals surface area contributed by atoms with Gasteiger partial charge in [-0.2, -0.15) is 4.73 Å². The maximum absolute atomic E-state index is 11.9. The van der Waals surface area contributed by atoms with Crippen LogP contribution in [0.1, 0.15) is 27.8 Å². The number of hydrogen-bond donors (Lipinski definition) is 1. The third-order valence-corrected chi connectivity index (χ3v) is 3.06. The Balaban J connectivity index is 1.98. The van der Waals surface area contributed by atoms with Crippen LogP contribution in [0.25, 0.3) is 0 Å². The standard InChI is InChI=1S/C17H16N2O6/c1-2-24-16(21)12-7-3-4-8-13(12)18-15(20)11-25-17(22)14-9-5-6-10-19(14)23/h3-10H,2,11H2,1H3,(H,18,20). The molecule has 0 saturated heterocycles. The van der Waals surface area contributed by atoms with Crippen molar-refractivity contribution in [1.82, 2.24) is 0 Å². The zero-order valence-electron chi connectivity index (χ0n) is 13.4. The van der Waals surface area contributed by atoms with Crippen molar-refractivity contribution in [2.24, 2.45) is 0 Å². The Morgan fingerprint density at radius 2 is 1.76 bits per heavy atom. The number of hydrogen-bond acceptors (Lipinski definition) is 6. The van der Waals surface area contributed by atoms with Gasteiger partial charge in [0.25, 0.3) is 5.91 Å². The van der Waals surface area contributed by atoms with Crippen molar-refractivity contribution in [3.05, 3.63) is 65.1 Å². The molecule has 1 heterocycles. The molecule has 2 aromatic rings. The average Bonchev–Trinajstić information content (AvgIpc) is 2.60. The minimum Gasteiger partial charge on any atom is -0.618 e. The van der Waals surface area contributed by atoms with E-state index in [9.17, 15) is 19.6 Å². The molecule has 0 saturated carbocycles. The number of para-hydroxylation sites is 1. The average molecular weight is 344 g/mol. The first kappa shape index (κ1) is 17.9. The molecule has 130 valence electrons. The molecular formula is C17H16N2O6. The van der Waals surface area contributed by atoms with Crippen LogP contribution in [-0.4, -0.2) is 31.1 Å². The van der Waals surface area contributed by atoms with Crippen molar-refractivity contribution in [2.45, 2.75) is 6.92 Å². The first-order chi connectivity index (χ1) is 12.0. The monoisotopic (exact) mass is 344 g/mol. The molecule has 8 heteroatoms. The smallest absolute Gasteiger partial charge is 0.405 e. The summed E-state index contributed by atoms with van der Waals surface area (Å²) >= 11 is 0. The van der Waals surface area contributed by atoms with Gasteiger partial charge in [-0.25, -0.2) is 9.59 Å². The molecule has 0 atom stereocenters. The van der Waals surface area contributed by atoms with E-state index in [0.29, 0.717) is 4.73 Å². The summed E-state index contributed by atoms with van der Waals surface area (Å²) in [6.45, 7) is 1.26. The molecule has 25 heavy (non-hydrogen) atoms. The van der Waals surface area contributed by atoms with Crippen LogP contribution in [0.3, 0.4) is 0 Å². The van der Waals surface area contributed by atoms with Gasteiger partial charge in [-0.3, -0.25) is 4.79 Å². The van der Waals surface area contributed by atoms with E-state index in [1.807, 2.05) is 0 Å². The molecule has 0 spiro atoms. The fraction of sp³-hybridized carbons (Fsp3) is 0.176. The summed E-state index contributed by atoms with van der Waals surface area (Å²) in [4.78, 5) is 35.6. The number of pyridine rings is 1. The molecule has 8 nitrogen and oxygen atoms in total. The number of anilines is 1. The first-order valence-electron chi connectivity index (χ1n) is 7.44. The summed E-state index contributed by atoms with van der Waals surface area (Å²) in [6, 6.07) is 10.5. The van der Waals surface area contributed by atoms with E-state index >= 15 is 0 Å². The molecule has 0 aliphatic rings. The van der Waals surface area contributed by atoms with Crippen molar-refractivity contribution in [3.8, 4) is 0 Å². The molecule has 1 N–H and O–H groups in total. The Morgan fingerprint density at radius 3 is 2.48 bits per heavy atom. The summed E-state index contributed by atoms with van der Waals surface area (Å²) in [6.07, 6.45) is 1.15. The highest BCUT2D eigenvalue weighted by molar-refractivity contribution is 6.02. The number of amides is 1. The molecule has 2 rings (SSSR count). The van der Waals surface area contributed by atoms with Crippen LogP contribution in [0.4, 0.5) is 5.69 Å². The second-order valence-electron chi connectivity index (χ2n) is 4.80. The van der Waals surface area contributed by atoms with Gasteiger partial charge in [0.2, 0.25) is 0 Å². The van der Waals surface area contributed by atoms with Crippen molar-refractivity contribution < 1.29 is 28.6 Å². The minimum atomic E-state index is -0.926. The lowest BCUT2D eigenvalue weighted by atomic mass is 10.2. The Kier molecular flexibility index (Phi) is 6.05. The number of rotatable bonds is 6. The highest BCUT2D eigenvalue weighted by atomic mass is 16.5. The van der Waals surface area contributed by atoms with Crippen LogP contribution < -0.4 is 10.0 Å². The topological polar surface area (TPSA) is 109 Å². The van der Waals surface area contributed by atoms with E-state index in [2.05, 4.69) is 5.32 Å². The molecule has 0 radical (unpaired) electrons. The molecule has 1 amide bonds. The Bertz CT molecular complexity index is 790. The summed E-state index contributed by atoms with van der Waals surface area (Å²) in [7, 11) is 0. The van der Waals surface area contributed by atoms with Crippen LogP contribution in [0.5, 0.6) is 0 Å². The van der Waals surface area contributed by atoms with E-state index in [4.69, 9.17) is 9.47 Å². The lowest BCUT2D eigenvalue weighted by molar-refractivity contribution is -0.608. The third-order valence-electron chi connectivity index (χ3n) is 3.06. The van der Waals surface area contributed by atoms with Gasteiger partial charge in [0.15, 0.2) is 12.8 Å². The summed E-state index contributed by atoms with van der Waals surface area (Å²) in [5, 5.41) is 13.9. The normalized spacial score (nSPS) is 9.96. The molecule has 0 unspecified atom stereocenters. The Labute approximate surface area is 143 Å². The number of carbonyl (C=O) groups excluding carboxylic acids is 3. The third kappa shape index (κ3) is 4.77. The number of nitrogens with one attached hydrogen (secondary N) is 1. The second-order valence-corrected chi connectivity index (χ2v) is 4.80. The number of ether oxygens (including phenoxy) is 2. The van der Waals surface area contributed by atoms with Crippen molar-refractivity contribution in [1.29, 1.82) is 0 Å². The van der Waals surface area contributed by atoms with Gasteiger partial charge in [-0.05, 0) is 25.1 Å². The molecule has 1 aromatic heterocycles. The molecule has 0 aliphatic carbocycles. The Hall–Kier alpha value is -3.42. The quantitative estimate of drug-likeness (QED) is 0.480. The predicted octanol–water partition coefficient (Wildman–Crippen LogP) is 1.29. The highest BCUT2D eigenvalue weighted by Crippen LogP contribution is 2.16. The van der Waals surface area contributed by atoms with E-state index in [1.54, 1.807) is 19.1 Å². The predicted molar refractivity (Wildman–Crippen MR) is 86.7 cm³/mol. The van der Waals surface area contributed by atoms with Gasteiger partial charge in [0.05, 0.1) is 17.9 Å². The van der Waals surface area contributed by atoms with Crippen LogP contribution in [0, 0.1) is 5.21 Å². The number of nitrogens with zero attached hydrogens (tertiary/aromatic N) is 1. The van der Waals surface area contributed by atoms with Gasteiger partial charge < -0.3 is 20.0 Å². The van der Waals surface area contributed by atoms with E-state index in [-0.39, 0.29) is 23.6 Å². The minimum absolute atomic E-state index is 0.185. The first-order valence-corrected chi connectivity index (χ1v) is 7.44. The van der Waals surface area contributed by atoms with E-state index in [0.717, 1.165) is 6.20 Å². The van der Waals surface area contributed by atoms with Crippen molar-refractivity contribution >= 4 is 23.5 Å². The maximum Gasteiger partial charge on any atom is 0.405 e. The zero-order valence-corrected chi connectivity index (χ0v) is 13.4. The van der Waals surface area contributed by atoms with Crippen LogP contribution in [-0.2, 0) is 14.3 Å². The van der Waals surface area contributed by atoms with Crippen molar-refractivity contribution in [2.75, 3.05) is 18.5 Å². The van der Waals surface area contributed by atoms with Gasteiger partial charge in [-0.15, -0.1) is 0 Å². The van der Waals surface area contributed by atoms with Crippen LogP contribution in [0.2, 0.25) is 0 Å². The molecular weight excluding hydrogens is 328 g/mol. The van der Waals surface area contributed by atoms with Gasteiger partial charge >= 0.3 is 17.6 Å². The summed E-state index contributed by atoms with van der Waals surface area (Å²) in [5.41, 5.74) is 0.187. The molecule has 0 aliphatic heterocycles. The van der Waals surface area contributed by atoms with Gasteiger partial charge in [0, 0.05) is 12.1 Å². The van der Waals surface area contributed by atoms with Crippen LogP contribution >= 0.6 is 0 Å². The SMILES string of the molecule is CCOC(=O)c1ccccc1NC(=O)COC(=O)c1cccc[n+]1[O-]. The summed E-state index contributed by atoms with van der Waals surface area (Å²) in [5.74, 6) is -2.16. The van der Waals surface area contributed by atoms with E-state index in [1.165, 1.54) is 30.3 Å². The van der Waals surface area contributed by atoms with E-state index < -0.39 is 24.5 Å². The highest BCUT2D eigenvalue weighted by Gasteiger charge is 2.19. The Morgan fingerprint density at radius 1 is 1.04 bits per heavy atom. The number of esters is 2. The number of carbonyl (C=O) groups is 3. The summed E-state index contributed by atoms with van der Waals surface area (Å²) < 4.78 is 10.1. The van der Waals surface area contributed by atoms with Gasteiger partial charge in [0.1, 0.15) is 0 Å². The molecule has 1 aromatic carbocycles. The van der Waals surface area contributed by atoms with Crippen molar-refractivity contribution in [3.63, 3.8) is 0 Å². The fourth-order valence-corrected chi connectivity index (χ4v) is 1.96. The lowest BCUT2D eigenvalue weighted by Gasteiger charge is -2.10. The van der Waals surface area contributed by atoms with Gasteiger partial charge in [-0.1, -0.05) is 12.1 Å². The second kappa shape index (κ2) is 8.44. The largest absolute Gasteiger partial charge is 0.618 e. The molecule has 0 bridgehead atoms. The lowest BCUT2D eigenvalue weighted by Crippen LogP contribution is -2.35. The zero-order chi connectivity index (χ0) is 18.2. The number of aromatic nitrogens is 1. The number of benzene rings is 1.